The molecule has 0 spiro atoms. The van der Waals surface area contributed by atoms with Gasteiger partial charge in [-0.2, -0.15) is 0 Å². The molecule has 2 aliphatic heterocycles. The molecule has 1 aromatic rings. The largest absolute Gasteiger partial charge is 0.450 e. The van der Waals surface area contributed by atoms with Crippen molar-refractivity contribution in [3.63, 3.8) is 0 Å². The summed E-state index contributed by atoms with van der Waals surface area (Å²) < 4.78 is 18.5. The van der Waals surface area contributed by atoms with Gasteiger partial charge in [-0.3, -0.25) is 4.79 Å². The second-order valence-electron chi connectivity index (χ2n) is 5.66. The molecule has 2 heterocycles. The molecule has 0 bridgehead atoms. The van der Waals surface area contributed by atoms with Crippen molar-refractivity contribution < 1.29 is 18.7 Å². The van der Waals surface area contributed by atoms with Gasteiger partial charge in [0.05, 0.1) is 11.3 Å². The van der Waals surface area contributed by atoms with E-state index < -0.39 is 23.3 Å². The molecule has 1 atom stereocenters. The van der Waals surface area contributed by atoms with Gasteiger partial charge in [0.2, 0.25) is 5.91 Å². The Labute approximate surface area is 125 Å². The van der Waals surface area contributed by atoms with Crippen molar-refractivity contribution in [1.82, 2.24) is 5.32 Å². The molecule has 0 radical (unpaired) electrons. The lowest BCUT2D eigenvalue weighted by molar-refractivity contribution is -0.144. The van der Waals surface area contributed by atoms with Gasteiger partial charge in [-0.15, -0.1) is 0 Å². The smallest absolute Gasteiger partial charge is 0.337 e. The van der Waals surface area contributed by atoms with Crippen molar-refractivity contribution in [2.24, 2.45) is 0 Å². The Bertz CT molecular complexity index is 696. The maximum atomic E-state index is 13.2. The highest BCUT2D eigenvalue weighted by molar-refractivity contribution is 6.31. The zero-order valence-electron chi connectivity index (χ0n) is 11.5. The van der Waals surface area contributed by atoms with E-state index >= 15 is 0 Å². The van der Waals surface area contributed by atoms with Gasteiger partial charge in [0.15, 0.2) is 0 Å². The minimum Gasteiger partial charge on any atom is -0.450 e. The third-order valence-corrected chi connectivity index (χ3v) is 4.11. The maximum absolute atomic E-state index is 13.2. The molecular weight excluding hydrogens is 297 g/mol. The van der Waals surface area contributed by atoms with E-state index in [1.807, 2.05) is 0 Å². The first-order chi connectivity index (χ1) is 9.79. The van der Waals surface area contributed by atoms with Crippen LogP contribution >= 0.6 is 11.6 Å². The van der Waals surface area contributed by atoms with Crippen LogP contribution in [0.1, 0.15) is 31.7 Å². The van der Waals surface area contributed by atoms with Crippen molar-refractivity contribution >= 4 is 23.5 Å². The Morgan fingerprint density at radius 2 is 2.10 bits per heavy atom. The van der Waals surface area contributed by atoms with Gasteiger partial charge in [-0.05, 0) is 31.5 Å². The third-order valence-electron chi connectivity index (χ3n) is 3.78. The van der Waals surface area contributed by atoms with Gasteiger partial charge in [-0.25, -0.2) is 9.18 Å². The molecule has 1 N–H and O–H groups in total. The fourth-order valence-corrected chi connectivity index (χ4v) is 3.12. The summed E-state index contributed by atoms with van der Waals surface area (Å²) in [6.07, 6.45) is 0.0787. The van der Waals surface area contributed by atoms with Crippen molar-refractivity contribution in [2.75, 3.05) is 0 Å². The van der Waals surface area contributed by atoms with E-state index in [2.05, 4.69) is 5.32 Å². The molecular formula is C15H13ClFNO3. The molecule has 0 aliphatic carbocycles. The molecule has 0 fully saturated rings. The Hall–Kier alpha value is -1.88. The SMILES string of the molecule is CC1(C)OC(=O)C2=C1NC(=O)CC2c1ccc(F)cc1Cl. The minimum atomic E-state index is -0.882. The zero-order chi connectivity index (χ0) is 15.4. The molecule has 110 valence electrons. The number of ether oxygens (including phenoxy) is 1. The fourth-order valence-electron chi connectivity index (χ4n) is 2.83. The van der Waals surface area contributed by atoms with E-state index in [-0.39, 0.29) is 17.4 Å². The molecule has 6 heteroatoms. The van der Waals surface area contributed by atoms with Crippen molar-refractivity contribution in [3.8, 4) is 0 Å². The van der Waals surface area contributed by atoms with E-state index in [9.17, 15) is 14.0 Å². The van der Waals surface area contributed by atoms with Crippen LogP contribution in [0.3, 0.4) is 0 Å². The summed E-state index contributed by atoms with van der Waals surface area (Å²) in [4.78, 5) is 24.1. The average molecular weight is 310 g/mol. The van der Waals surface area contributed by atoms with Crippen LogP contribution in [-0.4, -0.2) is 17.5 Å². The third kappa shape index (κ3) is 2.21. The molecule has 4 nitrogen and oxygen atoms in total. The molecule has 0 aromatic heterocycles. The number of esters is 1. The Balaban J connectivity index is 2.15. The lowest BCUT2D eigenvalue weighted by atomic mass is 9.83. The number of cyclic esters (lactones) is 1. The van der Waals surface area contributed by atoms with Crippen LogP contribution in [0.4, 0.5) is 4.39 Å². The number of hydrogen-bond donors (Lipinski definition) is 1. The Morgan fingerprint density at radius 1 is 1.38 bits per heavy atom. The van der Waals surface area contributed by atoms with Gasteiger partial charge in [-0.1, -0.05) is 17.7 Å². The van der Waals surface area contributed by atoms with Gasteiger partial charge >= 0.3 is 5.97 Å². The second-order valence-corrected chi connectivity index (χ2v) is 6.07. The predicted molar refractivity (Wildman–Crippen MR) is 74.1 cm³/mol. The molecule has 1 aromatic carbocycles. The van der Waals surface area contributed by atoms with Crippen LogP contribution in [0, 0.1) is 5.82 Å². The van der Waals surface area contributed by atoms with Crippen LogP contribution in [0.25, 0.3) is 0 Å². The van der Waals surface area contributed by atoms with E-state index in [0.29, 0.717) is 16.8 Å². The molecule has 21 heavy (non-hydrogen) atoms. The number of carbonyl (C=O) groups excluding carboxylic acids is 2. The summed E-state index contributed by atoms with van der Waals surface area (Å²) in [6.45, 7) is 3.42. The average Bonchev–Trinajstić information content (AvgIpc) is 2.59. The van der Waals surface area contributed by atoms with Crippen molar-refractivity contribution in [3.05, 3.63) is 45.9 Å². The van der Waals surface area contributed by atoms with E-state index in [1.54, 1.807) is 13.8 Å². The van der Waals surface area contributed by atoms with E-state index in [1.165, 1.54) is 18.2 Å². The highest BCUT2D eigenvalue weighted by atomic mass is 35.5. The molecule has 1 amide bonds. The number of hydrogen-bond acceptors (Lipinski definition) is 3. The van der Waals surface area contributed by atoms with Gasteiger partial charge in [0, 0.05) is 17.4 Å². The number of nitrogens with one attached hydrogen (secondary N) is 1. The lowest BCUT2D eigenvalue weighted by Gasteiger charge is -2.27. The Kier molecular flexibility index (Phi) is 3.06. The lowest BCUT2D eigenvalue weighted by Crippen LogP contribution is -2.38. The van der Waals surface area contributed by atoms with Crippen LogP contribution < -0.4 is 5.32 Å². The number of halogens is 2. The first kappa shape index (κ1) is 14.1. The summed E-state index contributed by atoms with van der Waals surface area (Å²) in [6, 6.07) is 3.94. The van der Waals surface area contributed by atoms with Crippen LogP contribution in [0.15, 0.2) is 29.5 Å². The molecule has 3 rings (SSSR count). The normalized spacial score (nSPS) is 23.7. The summed E-state index contributed by atoms with van der Waals surface area (Å²) >= 11 is 6.07. The van der Waals surface area contributed by atoms with Gasteiger partial charge < -0.3 is 10.1 Å². The standard InChI is InChI=1S/C15H13ClFNO3/c1-15(2)13-12(14(20)21-15)9(6-11(19)18-13)8-4-3-7(17)5-10(8)16/h3-5,9H,6H2,1-2H3,(H,18,19). The quantitative estimate of drug-likeness (QED) is 0.811. The number of benzene rings is 1. The highest BCUT2D eigenvalue weighted by Gasteiger charge is 2.47. The van der Waals surface area contributed by atoms with Crippen molar-refractivity contribution in [2.45, 2.75) is 31.8 Å². The molecule has 0 saturated heterocycles. The first-order valence-corrected chi connectivity index (χ1v) is 6.90. The topological polar surface area (TPSA) is 55.4 Å². The first-order valence-electron chi connectivity index (χ1n) is 6.52. The number of rotatable bonds is 1. The van der Waals surface area contributed by atoms with Crippen LogP contribution in [-0.2, 0) is 14.3 Å². The van der Waals surface area contributed by atoms with E-state index in [0.717, 1.165) is 0 Å². The molecule has 2 aliphatic rings. The van der Waals surface area contributed by atoms with Crippen molar-refractivity contribution in [1.29, 1.82) is 0 Å². The summed E-state index contributed by atoms with van der Waals surface area (Å²) in [5.74, 6) is -1.67. The second kappa shape index (κ2) is 4.56. The number of carbonyl (C=O) groups is 2. The predicted octanol–water partition coefficient (Wildman–Crippen LogP) is 2.67. The highest BCUT2D eigenvalue weighted by Crippen LogP contribution is 2.44. The van der Waals surface area contributed by atoms with Crippen LogP contribution in [0.5, 0.6) is 0 Å². The molecule has 1 unspecified atom stereocenters. The minimum absolute atomic E-state index is 0.0787. The monoisotopic (exact) mass is 309 g/mol. The maximum Gasteiger partial charge on any atom is 0.337 e. The summed E-state index contributed by atoms with van der Waals surface area (Å²) in [5, 5.41) is 2.90. The summed E-state index contributed by atoms with van der Waals surface area (Å²) in [7, 11) is 0. The number of amides is 1. The molecule has 0 saturated carbocycles. The zero-order valence-corrected chi connectivity index (χ0v) is 12.3. The van der Waals surface area contributed by atoms with Gasteiger partial charge in [0.25, 0.3) is 0 Å². The van der Waals surface area contributed by atoms with Gasteiger partial charge in [0.1, 0.15) is 11.4 Å². The fraction of sp³-hybridized carbons (Fsp3) is 0.333. The Morgan fingerprint density at radius 3 is 2.76 bits per heavy atom. The summed E-state index contributed by atoms with van der Waals surface area (Å²) in [5.41, 5.74) is 0.532. The van der Waals surface area contributed by atoms with E-state index in [4.69, 9.17) is 16.3 Å². The van der Waals surface area contributed by atoms with Crippen LogP contribution in [0.2, 0.25) is 5.02 Å².